The summed E-state index contributed by atoms with van der Waals surface area (Å²) in [5, 5.41) is 15.5. The minimum Gasteiger partial charge on any atom is -0.357 e. The van der Waals surface area contributed by atoms with Crippen LogP contribution in [-0.4, -0.2) is 57.8 Å². The lowest BCUT2D eigenvalue weighted by molar-refractivity contribution is 0.459. The van der Waals surface area contributed by atoms with Crippen LogP contribution in [0.3, 0.4) is 0 Å². The van der Waals surface area contributed by atoms with Crippen LogP contribution in [0.25, 0.3) is 5.65 Å². The zero-order chi connectivity index (χ0) is 20.6. The Labute approximate surface area is 200 Å². The van der Waals surface area contributed by atoms with E-state index in [1.165, 1.54) is 0 Å². The van der Waals surface area contributed by atoms with Gasteiger partial charge in [0.25, 0.3) is 0 Å². The van der Waals surface area contributed by atoms with Crippen LogP contribution >= 0.6 is 24.0 Å². The summed E-state index contributed by atoms with van der Waals surface area (Å²) >= 11 is 0. The SMILES string of the molecule is CCNC(=NCCCc1nnc2ccccn12)NC1CCN(c2ccccn2)CC1.I. The third kappa shape index (κ3) is 6.28. The number of aliphatic imine (C=N–C) groups is 1. The zero-order valence-electron chi connectivity index (χ0n) is 17.9. The van der Waals surface area contributed by atoms with E-state index in [1.807, 2.05) is 47.1 Å². The summed E-state index contributed by atoms with van der Waals surface area (Å²) in [6.45, 7) is 5.72. The average molecular weight is 534 g/mol. The van der Waals surface area contributed by atoms with Gasteiger partial charge in [-0.05, 0) is 50.5 Å². The van der Waals surface area contributed by atoms with Crippen LogP contribution in [0.1, 0.15) is 32.0 Å². The van der Waals surface area contributed by atoms with E-state index in [1.54, 1.807) is 0 Å². The highest BCUT2D eigenvalue weighted by atomic mass is 127. The Kier molecular flexibility index (Phi) is 8.86. The normalized spacial score (nSPS) is 15.0. The van der Waals surface area contributed by atoms with E-state index < -0.39 is 0 Å². The zero-order valence-corrected chi connectivity index (χ0v) is 20.3. The Morgan fingerprint density at radius 2 is 1.97 bits per heavy atom. The topological polar surface area (TPSA) is 82.7 Å². The highest BCUT2D eigenvalue weighted by Crippen LogP contribution is 2.17. The minimum atomic E-state index is 0. The highest BCUT2D eigenvalue weighted by molar-refractivity contribution is 14.0. The maximum absolute atomic E-state index is 4.78. The predicted molar refractivity (Wildman–Crippen MR) is 135 cm³/mol. The van der Waals surface area contributed by atoms with Gasteiger partial charge >= 0.3 is 0 Å². The molecular formula is C22H31IN8. The lowest BCUT2D eigenvalue weighted by atomic mass is 10.1. The van der Waals surface area contributed by atoms with Crippen molar-refractivity contribution < 1.29 is 0 Å². The van der Waals surface area contributed by atoms with Crippen molar-refractivity contribution in [1.82, 2.24) is 30.2 Å². The molecule has 4 heterocycles. The third-order valence-electron chi connectivity index (χ3n) is 5.37. The number of guanidine groups is 1. The second kappa shape index (κ2) is 11.8. The maximum Gasteiger partial charge on any atom is 0.191 e. The van der Waals surface area contributed by atoms with Crippen molar-refractivity contribution in [1.29, 1.82) is 0 Å². The molecule has 0 amide bonds. The Bertz CT molecular complexity index is 950. The Morgan fingerprint density at radius 1 is 1.13 bits per heavy atom. The Morgan fingerprint density at radius 3 is 2.74 bits per heavy atom. The molecule has 0 unspecified atom stereocenters. The lowest BCUT2D eigenvalue weighted by Crippen LogP contribution is -2.49. The highest BCUT2D eigenvalue weighted by Gasteiger charge is 2.20. The van der Waals surface area contributed by atoms with E-state index >= 15 is 0 Å². The average Bonchev–Trinajstić information content (AvgIpc) is 3.21. The molecule has 4 rings (SSSR count). The van der Waals surface area contributed by atoms with Gasteiger partial charge < -0.3 is 15.5 Å². The Hall–Kier alpha value is -2.43. The Balaban J connectivity index is 0.00000272. The number of pyridine rings is 2. The molecule has 9 heteroatoms. The molecule has 1 aliphatic rings. The second-order valence-electron chi connectivity index (χ2n) is 7.50. The fraction of sp³-hybridized carbons (Fsp3) is 0.455. The van der Waals surface area contributed by atoms with Gasteiger partial charge in [-0.25, -0.2) is 4.98 Å². The van der Waals surface area contributed by atoms with E-state index in [9.17, 15) is 0 Å². The number of hydrogen-bond donors (Lipinski definition) is 2. The molecule has 0 bridgehead atoms. The van der Waals surface area contributed by atoms with Gasteiger partial charge in [0.15, 0.2) is 11.6 Å². The van der Waals surface area contributed by atoms with Crippen molar-refractivity contribution in [3.63, 3.8) is 0 Å². The van der Waals surface area contributed by atoms with Crippen molar-refractivity contribution in [2.75, 3.05) is 31.1 Å². The van der Waals surface area contributed by atoms with Crippen LogP contribution < -0.4 is 15.5 Å². The molecule has 0 aromatic carbocycles. The molecule has 0 saturated carbocycles. The first kappa shape index (κ1) is 23.2. The number of aryl methyl sites for hydroxylation is 1. The molecule has 0 spiro atoms. The van der Waals surface area contributed by atoms with Gasteiger partial charge in [-0.15, -0.1) is 34.2 Å². The molecule has 0 radical (unpaired) electrons. The monoisotopic (exact) mass is 534 g/mol. The molecule has 31 heavy (non-hydrogen) atoms. The first-order valence-electron chi connectivity index (χ1n) is 10.8. The fourth-order valence-corrected chi connectivity index (χ4v) is 3.80. The van der Waals surface area contributed by atoms with Crippen LogP contribution in [-0.2, 0) is 6.42 Å². The summed E-state index contributed by atoms with van der Waals surface area (Å²) in [6.07, 6.45) is 7.81. The number of anilines is 1. The number of piperidine rings is 1. The third-order valence-corrected chi connectivity index (χ3v) is 5.37. The molecule has 2 N–H and O–H groups in total. The molecule has 1 aliphatic heterocycles. The summed E-state index contributed by atoms with van der Waals surface area (Å²) in [5.74, 6) is 2.96. The lowest BCUT2D eigenvalue weighted by Gasteiger charge is -2.33. The summed E-state index contributed by atoms with van der Waals surface area (Å²) < 4.78 is 2.04. The number of rotatable bonds is 7. The van der Waals surface area contributed by atoms with E-state index in [-0.39, 0.29) is 24.0 Å². The molecule has 1 saturated heterocycles. The fourth-order valence-electron chi connectivity index (χ4n) is 3.80. The molecule has 166 valence electrons. The van der Waals surface area contributed by atoms with Crippen LogP contribution in [0.4, 0.5) is 5.82 Å². The van der Waals surface area contributed by atoms with Gasteiger partial charge in [0.1, 0.15) is 11.6 Å². The van der Waals surface area contributed by atoms with Crippen molar-refractivity contribution in [3.05, 3.63) is 54.6 Å². The quantitative estimate of drug-likeness (QED) is 0.210. The van der Waals surface area contributed by atoms with E-state index in [0.29, 0.717) is 6.04 Å². The molecule has 0 aliphatic carbocycles. The number of nitrogens with zero attached hydrogens (tertiary/aromatic N) is 6. The summed E-state index contributed by atoms with van der Waals surface area (Å²) in [4.78, 5) is 11.6. The number of fused-ring (bicyclic) bond motifs is 1. The van der Waals surface area contributed by atoms with Crippen molar-refractivity contribution >= 4 is 41.4 Å². The first-order chi connectivity index (χ1) is 14.8. The van der Waals surface area contributed by atoms with E-state index in [2.05, 4.69) is 43.7 Å². The van der Waals surface area contributed by atoms with Crippen molar-refractivity contribution in [2.24, 2.45) is 4.99 Å². The van der Waals surface area contributed by atoms with Gasteiger partial charge in [0, 0.05) is 51.0 Å². The van der Waals surface area contributed by atoms with Crippen molar-refractivity contribution in [2.45, 2.75) is 38.6 Å². The van der Waals surface area contributed by atoms with Crippen molar-refractivity contribution in [3.8, 4) is 0 Å². The molecule has 8 nitrogen and oxygen atoms in total. The van der Waals surface area contributed by atoms with Gasteiger partial charge in [0.05, 0.1) is 0 Å². The molecule has 3 aromatic heterocycles. The van der Waals surface area contributed by atoms with Crippen LogP contribution in [0.15, 0.2) is 53.8 Å². The standard InChI is InChI=1S/C22H30N8.HI/c1-2-23-22(25-14-7-10-21-28-27-20-9-4-6-15-30(20)21)26-18-11-16-29(17-12-18)19-8-3-5-13-24-19;/h3-6,8-9,13,15,18H,2,7,10-12,14,16-17H2,1H3,(H2,23,25,26);1H. The predicted octanol–water partition coefficient (Wildman–Crippen LogP) is 2.90. The number of nitrogens with one attached hydrogen (secondary N) is 2. The van der Waals surface area contributed by atoms with E-state index in [0.717, 1.165) is 75.1 Å². The number of aromatic nitrogens is 4. The van der Waals surface area contributed by atoms with Gasteiger partial charge in [-0.1, -0.05) is 12.1 Å². The first-order valence-corrected chi connectivity index (χ1v) is 10.8. The molecule has 0 atom stereocenters. The smallest absolute Gasteiger partial charge is 0.191 e. The van der Waals surface area contributed by atoms with Gasteiger partial charge in [0.2, 0.25) is 0 Å². The van der Waals surface area contributed by atoms with E-state index in [4.69, 9.17) is 4.99 Å². The summed E-state index contributed by atoms with van der Waals surface area (Å²) in [7, 11) is 0. The van der Waals surface area contributed by atoms with Crippen LogP contribution in [0, 0.1) is 0 Å². The molecular weight excluding hydrogens is 503 g/mol. The van der Waals surface area contributed by atoms with Crippen LogP contribution in [0.2, 0.25) is 0 Å². The molecule has 3 aromatic rings. The number of hydrogen-bond acceptors (Lipinski definition) is 5. The van der Waals surface area contributed by atoms with Gasteiger partial charge in [-0.3, -0.25) is 9.39 Å². The molecule has 1 fully saturated rings. The summed E-state index contributed by atoms with van der Waals surface area (Å²) in [5.41, 5.74) is 0.892. The largest absolute Gasteiger partial charge is 0.357 e. The van der Waals surface area contributed by atoms with Crippen LogP contribution in [0.5, 0.6) is 0 Å². The maximum atomic E-state index is 4.78. The number of halogens is 1. The minimum absolute atomic E-state index is 0. The second-order valence-corrected chi connectivity index (χ2v) is 7.50. The summed E-state index contributed by atoms with van der Waals surface area (Å²) in [6, 6.07) is 12.5. The van der Waals surface area contributed by atoms with Gasteiger partial charge in [-0.2, -0.15) is 0 Å².